The molecule has 0 bridgehead atoms. The summed E-state index contributed by atoms with van der Waals surface area (Å²) < 4.78 is 5.12. The fourth-order valence-corrected chi connectivity index (χ4v) is 1.30. The van der Waals surface area contributed by atoms with Crippen LogP contribution < -0.4 is 0 Å². The normalized spacial score (nSPS) is 11.9. The third kappa shape index (κ3) is 10.2. The van der Waals surface area contributed by atoms with Crippen LogP contribution in [0.4, 0.5) is 0 Å². The van der Waals surface area contributed by atoms with E-state index in [2.05, 4.69) is 32.6 Å². The first-order valence-corrected chi connectivity index (χ1v) is 7.03. The molecular formula is C16H28O2. The highest BCUT2D eigenvalue weighted by Crippen LogP contribution is 2.08. The zero-order chi connectivity index (χ0) is 14.0. The van der Waals surface area contributed by atoms with Gasteiger partial charge in [-0.15, -0.1) is 5.73 Å². The van der Waals surface area contributed by atoms with Crippen LogP contribution in [0.3, 0.4) is 0 Å². The number of carbonyl (C=O) groups is 1. The lowest BCUT2D eigenvalue weighted by atomic mass is 10.1. The van der Waals surface area contributed by atoms with E-state index in [0.29, 0.717) is 24.9 Å². The summed E-state index contributed by atoms with van der Waals surface area (Å²) in [6.07, 6.45) is 5.54. The largest absolute Gasteiger partial charge is 0.465 e. The Labute approximate surface area is 112 Å². The number of hydrogen-bond acceptors (Lipinski definition) is 2. The molecular weight excluding hydrogens is 224 g/mol. The lowest BCUT2D eigenvalue weighted by Crippen LogP contribution is -2.09. The van der Waals surface area contributed by atoms with E-state index in [-0.39, 0.29) is 5.97 Å². The summed E-state index contributed by atoms with van der Waals surface area (Å²) >= 11 is 0. The van der Waals surface area contributed by atoms with Crippen molar-refractivity contribution in [3.63, 3.8) is 0 Å². The van der Waals surface area contributed by atoms with Crippen molar-refractivity contribution < 1.29 is 9.53 Å². The Balaban J connectivity index is 3.83. The molecule has 2 heteroatoms. The van der Waals surface area contributed by atoms with Crippen molar-refractivity contribution in [3.05, 3.63) is 17.4 Å². The topological polar surface area (TPSA) is 26.3 Å². The molecule has 0 N–H and O–H groups in total. The molecule has 0 fully saturated rings. The van der Waals surface area contributed by atoms with Crippen LogP contribution in [0.1, 0.15) is 60.3 Å². The maximum Gasteiger partial charge on any atom is 0.305 e. The molecule has 0 aliphatic heterocycles. The van der Waals surface area contributed by atoms with Gasteiger partial charge in [0.25, 0.3) is 0 Å². The quantitative estimate of drug-likeness (QED) is 0.469. The first kappa shape index (κ1) is 17.0. The van der Waals surface area contributed by atoms with Crippen LogP contribution in [-0.2, 0) is 9.53 Å². The van der Waals surface area contributed by atoms with Crippen LogP contribution in [-0.4, -0.2) is 12.6 Å². The van der Waals surface area contributed by atoms with Gasteiger partial charge >= 0.3 is 5.97 Å². The number of ether oxygens (including phenoxy) is 1. The highest BCUT2D eigenvalue weighted by molar-refractivity contribution is 5.69. The molecule has 1 unspecified atom stereocenters. The van der Waals surface area contributed by atoms with Crippen LogP contribution in [0.5, 0.6) is 0 Å². The van der Waals surface area contributed by atoms with Gasteiger partial charge in [0.1, 0.15) is 0 Å². The van der Waals surface area contributed by atoms with Gasteiger partial charge in [-0.2, -0.15) is 0 Å². The van der Waals surface area contributed by atoms with E-state index >= 15 is 0 Å². The minimum absolute atomic E-state index is 0.0811. The average molecular weight is 252 g/mol. The van der Waals surface area contributed by atoms with Crippen molar-refractivity contribution in [2.45, 2.75) is 60.3 Å². The van der Waals surface area contributed by atoms with Crippen molar-refractivity contribution in [1.29, 1.82) is 0 Å². The maximum atomic E-state index is 11.4. The van der Waals surface area contributed by atoms with Crippen molar-refractivity contribution in [2.24, 2.45) is 11.8 Å². The van der Waals surface area contributed by atoms with E-state index < -0.39 is 0 Å². The molecule has 0 radical (unpaired) electrons. The first-order chi connectivity index (χ1) is 8.45. The molecule has 0 saturated heterocycles. The van der Waals surface area contributed by atoms with Crippen LogP contribution in [0, 0.1) is 11.8 Å². The molecule has 0 aliphatic rings. The predicted octanol–water partition coefficient (Wildman–Crippen LogP) is 4.50. The van der Waals surface area contributed by atoms with Gasteiger partial charge in [-0.3, -0.25) is 4.79 Å². The second-order valence-corrected chi connectivity index (χ2v) is 5.41. The van der Waals surface area contributed by atoms with Gasteiger partial charge in [-0.25, -0.2) is 0 Å². The van der Waals surface area contributed by atoms with E-state index in [1.54, 1.807) is 0 Å². The molecule has 0 aromatic carbocycles. The second-order valence-electron chi connectivity index (χ2n) is 5.41. The van der Waals surface area contributed by atoms with Gasteiger partial charge in [0.05, 0.1) is 6.61 Å². The van der Waals surface area contributed by atoms with Gasteiger partial charge in [-0.1, -0.05) is 27.7 Å². The van der Waals surface area contributed by atoms with E-state index in [1.807, 2.05) is 13.8 Å². The SMILES string of the molecule is CCC(C)C=C=C(C)CCCC(=O)OCC(C)C. The van der Waals surface area contributed by atoms with E-state index in [1.165, 1.54) is 5.57 Å². The standard InChI is InChI=1S/C16H28O2/c1-6-14(4)10-11-15(5)8-7-9-16(17)18-12-13(2)3/h10,13-14H,6-9,12H2,1-5H3. The number of allylic oxidation sites excluding steroid dienone is 1. The Morgan fingerprint density at radius 2 is 1.94 bits per heavy atom. The number of esters is 1. The predicted molar refractivity (Wildman–Crippen MR) is 76.4 cm³/mol. The van der Waals surface area contributed by atoms with Crippen LogP contribution in [0.25, 0.3) is 0 Å². The van der Waals surface area contributed by atoms with E-state index in [4.69, 9.17) is 4.74 Å². The van der Waals surface area contributed by atoms with Crippen molar-refractivity contribution >= 4 is 5.97 Å². The lowest BCUT2D eigenvalue weighted by molar-refractivity contribution is -0.144. The number of carbonyl (C=O) groups excluding carboxylic acids is 1. The Kier molecular flexibility index (Phi) is 9.40. The summed E-state index contributed by atoms with van der Waals surface area (Å²) in [6, 6.07) is 0. The smallest absolute Gasteiger partial charge is 0.305 e. The fourth-order valence-electron chi connectivity index (χ4n) is 1.30. The average Bonchev–Trinajstić information content (AvgIpc) is 2.33. The minimum atomic E-state index is -0.0811. The van der Waals surface area contributed by atoms with E-state index in [9.17, 15) is 4.79 Å². The third-order valence-corrected chi connectivity index (χ3v) is 2.77. The van der Waals surface area contributed by atoms with Crippen LogP contribution >= 0.6 is 0 Å². The van der Waals surface area contributed by atoms with Gasteiger partial charge in [0, 0.05) is 6.42 Å². The third-order valence-electron chi connectivity index (χ3n) is 2.77. The highest BCUT2D eigenvalue weighted by atomic mass is 16.5. The molecule has 0 aromatic heterocycles. The van der Waals surface area contributed by atoms with Crippen molar-refractivity contribution in [2.75, 3.05) is 6.61 Å². The summed E-state index contributed by atoms with van der Waals surface area (Å²) in [7, 11) is 0. The van der Waals surface area contributed by atoms with E-state index in [0.717, 1.165) is 19.3 Å². The minimum Gasteiger partial charge on any atom is -0.465 e. The number of hydrogen-bond donors (Lipinski definition) is 0. The summed E-state index contributed by atoms with van der Waals surface area (Å²) in [5.41, 5.74) is 4.51. The second kappa shape index (κ2) is 9.96. The Bertz CT molecular complexity index is 296. The summed E-state index contributed by atoms with van der Waals surface area (Å²) in [5, 5.41) is 0. The maximum absolute atomic E-state index is 11.4. The lowest BCUT2D eigenvalue weighted by Gasteiger charge is -2.06. The summed E-state index contributed by atoms with van der Waals surface area (Å²) in [4.78, 5) is 11.4. The van der Waals surface area contributed by atoms with Crippen LogP contribution in [0.2, 0.25) is 0 Å². The molecule has 0 amide bonds. The van der Waals surface area contributed by atoms with Crippen molar-refractivity contribution in [1.82, 2.24) is 0 Å². The van der Waals surface area contributed by atoms with Gasteiger partial charge < -0.3 is 4.74 Å². The van der Waals surface area contributed by atoms with Gasteiger partial charge in [0.2, 0.25) is 0 Å². The molecule has 104 valence electrons. The van der Waals surface area contributed by atoms with Gasteiger partial charge in [0.15, 0.2) is 0 Å². The Hall–Kier alpha value is -1.01. The zero-order valence-electron chi connectivity index (χ0n) is 12.6. The zero-order valence-corrected chi connectivity index (χ0v) is 12.6. The molecule has 0 spiro atoms. The molecule has 2 nitrogen and oxygen atoms in total. The summed E-state index contributed by atoms with van der Waals surface area (Å²) in [5.74, 6) is 0.910. The monoisotopic (exact) mass is 252 g/mol. The summed E-state index contributed by atoms with van der Waals surface area (Å²) in [6.45, 7) is 11.0. The molecule has 0 rings (SSSR count). The highest BCUT2D eigenvalue weighted by Gasteiger charge is 2.04. The Morgan fingerprint density at radius 3 is 2.50 bits per heavy atom. The fraction of sp³-hybridized carbons (Fsp3) is 0.750. The molecule has 1 atom stereocenters. The number of rotatable bonds is 8. The van der Waals surface area contributed by atoms with Gasteiger partial charge in [-0.05, 0) is 49.7 Å². The van der Waals surface area contributed by atoms with Crippen molar-refractivity contribution in [3.8, 4) is 0 Å². The molecule has 0 aromatic rings. The molecule has 0 heterocycles. The first-order valence-electron chi connectivity index (χ1n) is 7.03. The molecule has 0 aliphatic carbocycles. The Morgan fingerprint density at radius 1 is 1.28 bits per heavy atom. The van der Waals surface area contributed by atoms with Crippen LogP contribution in [0.15, 0.2) is 17.4 Å². The molecule has 18 heavy (non-hydrogen) atoms. The molecule has 0 saturated carbocycles.